The van der Waals surface area contributed by atoms with Crippen LogP contribution < -0.4 is 16.0 Å². The predicted octanol–water partition coefficient (Wildman–Crippen LogP) is 3.69. The van der Waals surface area contributed by atoms with Gasteiger partial charge in [0.15, 0.2) is 11.1 Å². The second-order valence-electron chi connectivity index (χ2n) is 5.82. The number of guanidine groups is 1. The number of rotatable bonds is 10. The third-order valence-electron chi connectivity index (χ3n) is 3.79. The number of halogens is 1. The van der Waals surface area contributed by atoms with Gasteiger partial charge in [-0.3, -0.25) is 4.99 Å². The lowest BCUT2D eigenvalue weighted by atomic mass is 10.3. The van der Waals surface area contributed by atoms with E-state index in [-0.39, 0.29) is 24.0 Å². The van der Waals surface area contributed by atoms with Crippen molar-refractivity contribution in [1.29, 1.82) is 0 Å². The zero-order valence-electron chi connectivity index (χ0n) is 15.8. The van der Waals surface area contributed by atoms with E-state index in [0.717, 1.165) is 48.4 Å². The van der Waals surface area contributed by atoms with E-state index in [2.05, 4.69) is 32.0 Å². The number of aliphatic imine (C=N–C) groups is 1. The molecule has 3 rings (SSSR count). The Hall–Kier alpha value is -1.85. The highest BCUT2D eigenvalue weighted by Crippen LogP contribution is 2.24. The van der Waals surface area contributed by atoms with E-state index in [0.29, 0.717) is 13.2 Å². The molecule has 0 atom stereocenters. The summed E-state index contributed by atoms with van der Waals surface area (Å²) in [6.07, 6.45) is 2.55. The Labute approximate surface area is 186 Å². The van der Waals surface area contributed by atoms with Crippen molar-refractivity contribution in [3.8, 4) is 0 Å². The van der Waals surface area contributed by atoms with Crippen LogP contribution in [-0.2, 0) is 11.3 Å². The van der Waals surface area contributed by atoms with Crippen molar-refractivity contribution in [2.75, 3.05) is 38.6 Å². The van der Waals surface area contributed by atoms with Crippen molar-refractivity contribution in [3.63, 3.8) is 0 Å². The maximum absolute atomic E-state index is 5.56. The maximum Gasteiger partial charge on any atom is 0.191 e. The lowest BCUT2D eigenvalue weighted by molar-refractivity contribution is 0.105. The molecule has 3 N–H and O–H groups in total. The van der Waals surface area contributed by atoms with Gasteiger partial charge in [0.1, 0.15) is 12.4 Å². The van der Waals surface area contributed by atoms with Gasteiger partial charge >= 0.3 is 0 Å². The number of para-hydroxylation sites is 1. The molecule has 0 radical (unpaired) electrons. The molecule has 0 fully saturated rings. The number of fused-ring (bicyclic) bond motifs is 1. The van der Waals surface area contributed by atoms with Crippen LogP contribution in [0, 0.1) is 0 Å². The van der Waals surface area contributed by atoms with Crippen molar-refractivity contribution in [1.82, 2.24) is 15.6 Å². The van der Waals surface area contributed by atoms with Gasteiger partial charge in [-0.1, -0.05) is 23.5 Å². The Morgan fingerprint density at radius 2 is 2.00 bits per heavy atom. The van der Waals surface area contributed by atoms with E-state index in [1.165, 1.54) is 4.70 Å². The summed E-state index contributed by atoms with van der Waals surface area (Å²) in [5.41, 5.74) is 1.03. The van der Waals surface area contributed by atoms with Gasteiger partial charge in [0.05, 0.1) is 16.5 Å². The van der Waals surface area contributed by atoms with Crippen LogP contribution in [0.4, 0.5) is 5.13 Å². The Morgan fingerprint density at radius 3 is 2.79 bits per heavy atom. The van der Waals surface area contributed by atoms with Crippen LogP contribution in [0.2, 0.25) is 0 Å². The fourth-order valence-corrected chi connectivity index (χ4v) is 3.36. The fourth-order valence-electron chi connectivity index (χ4n) is 2.47. The smallest absolute Gasteiger partial charge is 0.191 e. The monoisotopic (exact) mass is 515 g/mol. The number of hydrogen-bond acceptors (Lipinski definition) is 6. The second kappa shape index (κ2) is 12.6. The van der Waals surface area contributed by atoms with Gasteiger partial charge in [-0.2, -0.15) is 0 Å². The van der Waals surface area contributed by atoms with E-state index in [4.69, 9.17) is 9.15 Å². The Morgan fingerprint density at radius 1 is 1.14 bits per heavy atom. The summed E-state index contributed by atoms with van der Waals surface area (Å²) in [5, 5.41) is 10.8. The average molecular weight is 515 g/mol. The van der Waals surface area contributed by atoms with E-state index in [1.54, 1.807) is 24.6 Å². The first-order chi connectivity index (χ1) is 13.3. The summed E-state index contributed by atoms with van der Waals surface area (Å²) in [6.45, 7) is 3.50. The van der Waals surface area contributed by atoms with Crippen molar-refractivity contribution < 1.29 is 9.15 Å². The molecule has 0 unspecified atom stereocenters. The molecular formula is C19H26IN5O2S. The Kier molecular flexibility index (Phi) is 10.1. The van der Waals surface area contributed by atoms with Gasteiger partial charge in [-0.05, 0) is 30.7 Å². The first-order valence-electron chi connectivity index (χ1n) is 8.99. The normalized spacial score (nSPS) is 11.2. The Bertz CT molecular complexity index is 805. The minimum atomic E-state index is 0. The maximum atomic E-state index is 5.56. The zero-order valence-corrected chi connectivity index (χ0v) is 19.0. The number of ether oxygens (including phenoxy) is 1. The molecule has 0 saturated carbocycles. The third-order valence-corrected chi connectivity index (χ3v) is 4.79. The molecule has 0 aliphatic heterocycles. The van der Waals surface area contributed by atoms with E-state index >= 15 is 0 Å². The summed E-state index contributed by atoms with van der Waals surface area (Å²) >= 11 is 1.67. The van der Waals surface area contributed by atoms with Crippen LogP contribution in [0.5, 0.6) is 0 Å². The molecule has 1 aromatic carbocycles. The molecule has 0 saturated heterocycles. The van der Waals surface area contributed by atoms with Gasteiger partial charge in [0.2, 0.25) is 0 Å². The van der Waals surface area contributed by atoms with Gasteiger partial charge in [-0.15, -0.1) is 24.0 Å². The molecule has 2 aromatic heterocycles. The lowest BCUT2D eigenvalue weighted by Crippen LogP contribution is -2.40. The van der Waals surface area contributed by atoms with Crippen LogP contribution in [-0.4, -0.2) is 44.2 Å². The number of furan rings is 1. The standard InChI is InChI=1S/C19H25N5O2S.HI/c1-20-18(21-9-5-12-25-14-15-6-4-13-26-15)22-10-11-23-19-24-16-7-2-3-8-17(16)27-19;/h2-4,6-8,13H,5,9-12,14H2,1H3,(H,23,24)(H2,20,21,22);1H. The number of aromatic nitrogens is 1. The first kappa shape index (κ1) is 22.4. The topological polar surface area (TPSA) is 83.7 Å². The van der Waals surface area contributed by atoms with Crippen LogP contribution >= 0.6 is 35.3 Å². The highest BCUT2D eigenvalue weighted by molar-refractivity contribution is 14.0. The lowest BCUT2D eigenvalue weighted by Gasteiger charge is -2.12. The number of thiazole rings is 1. The fraction of sp³-hybridized carbons (Fsp3) is 0.368. The molecule has 28 heavy (non-hydrogen) atoms. The molecule has 0 amide bonds. The number of benzene rings is 1. The second-order valence-corrected chi connectivity index (χ2v) is 6.86. The van der Waals surface area contributed by atoms with Gasteiger partial charge in [0.25, 0.3) is 0 Å². The highest BCUT2D eigenvalue weighted by Gasteiger charge is 2.02. The molecule has 9 heteroatoms. The van der Waals surface area contributed by atoms with Crippen LogP contribution in [0.3, 0.4) is 0 Å². The molecule has 152 valence electrons. The number of nitrogens with one attached hydrogen (secondary N) is 3. The summed E-state index contributed by atoms with van der Waals surface area (Å²) in [5.74, 6) is 1.63. The number of anilines is 1. The van der Waals surface area contributed by atoms with Crippen LogP contribution in [0.25, 0.3) is 10.2 Å². The molecule has 0 aliphatic rings. The minimum Gasteiger partial charge on any atom is -0.467 e. The first-order valence-corrected chi connectivity index (χ1v) is 9.81. The Balaban J connectivity index is 0.00000280. The zero-order chi connectivity index (χ0) is 18.7. The molecule has 7 nitrogen and oxygen atoms in total. The molecular weight excluding hydrogens is 489 g/mol. The number of hydrogen-bond donors (Lipinski definition) is 3. The van der Waals surface area contributed by atoms with Crippen molar-refractivity contribution >= 4 is 56.6 Å². The minimum absolute atomic E-state index is 0. The summed E-state index contributed by atoms with van der Waals surface area (Å²) in [7, 11) is 1.77. The molecule has 3 aromatic rings. The van der Waals surface area contributed by atoms with E-state index in [9.17, 15) is 0 Å². The molecule has 0 bridgehead atoms. The highest BCUT2D eigenvalue weighted by atomic mass is 127. The summed E-state index contributed by atoms with van der Waals surface area (Å²) < 4.78 is 12.0. The van der Waals surface area contributed by atoms with Crippen molar-refractivity contribution in [2.24, 2.45) is 4.99 Å². The van der Waals surface area contributed by atoms with Crippen molar-refractivity contribution in [3.05, 3.63) is 48.4 Å². The van der Waals surface area contributed by atoms with Gasteiger partial charge in [0, 0.05) is 33.3 Å². The molecule has 2 heterocycles. The average Bonchev–Trinajstić information content (AvgIpc) is 3.35. The number of nitrogens with zero attached hydrogens (tertiary/aromatic N) is 2. The molecule has 0 aliphatic carbocycles. The van der Waals surface area contributed by atoms with E-state index < -0.39 is 0 Å². The SMILES string of the molecule is CN=C(NCCCOCc1ccco1)NCCNc1nc2ccccc2s1.I. The summed E-state index contributed by atoms with van der Waals surface area (Å²) in [6, 6.07) is 11.9. The van der Waals surface area contributed by atoms with Gasteiger partial charge in [-0.25, -0.2) is 4.98 Å². The van der Waals surface area contributed by atoms with Crippen molar-refractivity contribution in [2.45, 2.75) is 13.0 Å². The quantitative estimate of drug-likeness (QED) is 0.165. The molecule has 0 spiro atoms. The summed E-state index contributed by atoms with van der Waals surface area (Å²) in [4.78, 5) is 8.78. The third kappa shape index (κ3) is 7.28. The predicted molar refractivity (Wildman–Crippen MR) is 126 cm³/mol. The van der Waals surface area contributed by atoms with Crippen LogP contribution in [0.1, 0.15) is 12.2 Å². The van der Waals surface area contributed by atoms with Crippen LogP contribution in [0.15, 0.2) is 52.1 Å². The largest absolute Gasteiger partial charge is 0.467 e. The van der Waals surface area contributed by atoms with E-state index in [1.807, 2.05) is 30.3 Å². The van der Waals surface area contributed by atoms with Gasteiger partial charge < -0.3 is 25.1 Å².